The summed E-state index contributed by atoms with van der Waals surface area (Å²) < 4.78 is 4.99. The van der Waals surface area contributed by atoms with Gasteiger partial charge in [0.05, 0.1) is 12.7 Å². The summed E-state index contributed by atoms with van der Waals surface area (Å²) in [6.45, 7) is 1.47. The molecule has 0 radical (unpaired) electrons. The molecule has 0 atom stereocenters. The number of anilines is 1. The highest BCUT2D eigenvalue weighted by Crippen LogP contribution is 2.23. The van der Waals surface area contributed by atoms with Crippen LogP contribution < -0.4 is 10.5 Å². The van der Waals surface area contributed by atoms with Crippen LogP contribution in [0, 0.1) is 0 Å². The van der Waals surface area contributed by atoms with Crippen molar-refractivity contribution in [1.82, 2.24) is 0 Å². The van der Waals surface area contributed by atoms with E-state index in [2.05, 4.69) is 0 Å². The minimum absolute atomic E-state index is 0. The zero-order valence-corrected chi connectivity index (χ0v) is 8.35. The lowest BCUT2D eigenvalue weighted by molar-refractivity contribution is 0.101. The molecular weight excluding hydrogens is 190 g/mol. The van der Waals surface area contributed by atoms with Crippen molar-refractivity contribution in [3.8, 4) is 5.75 Å². The number of ether oxygens (including phenoxy) is 1. The van der Waals surface area contributed by atoms with Gasteiger partial charge in [-0.05, 0) is 19.1 Å². The number of carbonyl (C=O) groups is 1. The van der Waals surface area contributed by atoms with Gasteiger partial charge in [0.2, 0.25) is 0 Å². The molecule has 13 heavy (non-hydrogen) atoms. The number of carbonyl (C=O) groups excluding carboxylic acids is 1. The standard InChI is InChI=1S/C9H11NO2.ClH/c1-6(11)9-7(10)4-3-5-8(9)12-2;/h3-5H,10H2,1-2H3;1H. The molecule has 0 spiro atoms. The number of nitrogens with two attached hydrogens (primary N) is 1. The van der Waals surface area contributed by atoms with Crippen molar-refractivity contribution in [3.63, 3.8) is 0 Å². The van der Waals surface area contributed by atoms with E-state index in [0.717, 1.165) is 0 Å². The van der Waals surface area contributed by atoms with Gasteiger partial charge in [-0.25, -0.2) is 0 Å². The summed E-state index contributed by atoms with van der Waals surface area (Å²) in [4.78, 5) is 11.1. The van der Waals surface area contributed by atoms with Crippen LogP contribution in [0.15, 0.2) is 18.2 Å². The van der Waals surface area contributed by atoms with Crippen LogP contribution in [-0.4, -0.2) is 12.9 Å². The van der Waals surface area contributed by atoms with Crippen LogP contribution >= 0.6 is 12.4 Å². The first kappa shape index (κ1) is 11.8. The number of nitrogen functional groups attached to an aromatic ring is 1. The second kappa shape index (κ2) is 4.72. The second-order valence-corrected chi connectivity index (χ2v) is 2.48. The lowest BCUT2D eigenvalue weighted by Crippen LogP contribution is -2.02. The predicted octanol–water partition coefficient (Wildman–Crippen LogP) is 1.90. The molecule has 72 valence electrons. The van der Waals surface area contributed by atoms with Crippen LogP contribution in [0.4, 0.5) is 5.69 Å². The summed E-state index contributed by atoms with van der Waals surface area (Å²) in [5.41, 5.74) is 6.52. The van der Waals surface area contributed by atoms with E-state index in [1.54, 1.807) is 18.2 Å². The van der Waals surface area contributed by atoms with E-state index in [4.69, 9.17) is 10.5 Å². The highest BCUT2D eigenvalue weighted by molar-refractivity contribution is 6.01. The first-order chi connectivity index (χ1) is 5.66. The highest BCUT2D eigenvalue weighted by Gasteiger charge is 2.10. The Morgan fingerprint density at radius 3 is 2.46 bits per heavy atom. The Hall–Kier alpha value is -1.22. The van der Waals surface area contributed by atoms with Crippen LogP contribution in [0.1, 0.15) is 17.3 Å². The molecule has 0 unspecified atom stereocenters. The molecule has 0 saturated heterocycles. The molecular formula is C9H12ClNO2. The maximum absolute atomic E-state index is 11.1. The lowest BCUT2D eigenvalue weighted by Gasteiger charge is -2.07. The second-order valence-electron chi connectivity index (χ2n) is 2.48. The number of Topliss-reactive ketones (excluding diaryl/α,β-unsaturated/α-hetero) is 1. The molecule has 0 saturated carbocycles. The van der Waals surface area contributed by atoms with E-state index in [9.17, 15) is 4.79 Å². The Labute approximate surface area is 83.3 Å². The van der Waals surface area contributed by atoms with Gasteiger partial charge < -0.3 is 10.5 Å². The first-order valence-electron chi connectivity index (χ1n) is 3.60. The zero-order valence-electron chi connectivity index (χ0n) is 7.53. The molecule has 0 aromatic heterocycles. The first-order valence-corrected chi connectivity index (χ1v) is 3.60. The van der Waals surface area contributed by atoms with Crippen molar-refractivity contribution in [2.45, 2.75) is 6.92 Å². The third-order valence-corrected chi connectivity index (χ3v) is 1.63. The topological polar surface area (TPSA) is 52.3 Å². The van der Waals surface area contributed by atoms with Crippen molar-refractivity contribution in [2.24, 2.45) is 0 Å². The molecule has 1 rings (SSSR count). The number of benzene rings is 1. The van der Waals surface area contributed by atoms with Gasteiger partial charge in [0.1, 0.15) is 5.75 Å². The van der Waals surface area contributed by atoms with Gasteiger partial charge >= 0.3 is 0 Å². The summed E-state index contributed by atoms with van der Waals surface area (Å²) in [6.07, 6.45) is 0. The minimum Gasteiger partial charge on any atom is -0.496 e. The molecule has 2 N–H and O–H groups in total. The number of ketones is 1. The number of hydrogen-bond acceptors (Lipinski definition) is 3. The fraction of sp³-hybridized carbons (Fsp3) is 0.222. The molecule has 0 heterocycles. The highest BCUT2D eigenvalue weighted by atomic mass is 35.5. The maximum atomic E-state index is 11.1. The molecule has 1 aromatic carbocycles. The van der Waals surface area contributed by atoms with E-state index in [-0.39, 0.29) is 18.2 Å². The van der Waals surface area contributed by atoms with Crippen LogP contribution in [0.3, 0.4) is 0 Å². The maximum Gasteiger partial charge on any atom is 0.165 e. The lowest BCUT2D eigenvalue weighted by atomic mass is 10.1. The van der Waals surface area contributed by atoms with Crippen molar-refractivity contribution in [1.29, 1.82) is 0 Å². The average molecular weight is 202 g/mol. The number of hydrogen-bond donors (Lipinski definition) is 1. The molecule has 0 fully saturated rings. The third kappa shape index (κ3) is 2.36. The van der Waals surface area contributed by atoms with Crippen LogP contribution in [0.5, 0.6) is 5.75 Å². The fourth-order valence-corrected chi connectivity index (χ4v) is 1.09. The minimum atomic E-state index is -0.0787. The molecule has 0 amide bonds. The monoisotopic (exact) mass is 201 g/mol. The Balaban J connectivity index is 0.00000144. The predicted molar refractivity (Wildman–Crippen MR) is 54.7 cm³/mol. The average Bonchev–Trinajstić information content (AvgIpc) is 2.03. The SMILES string of the molecule is COc1cccc(N)c1C(C)=O.Cl. The Morgan fingerprint density at radius 2 is 2.08 bits per heavy atom. The van der Waals surface area contributed by atoms with Gasteiger partial charge in [-0.2, -0.15) is 0 Å². The van der Waals surface area contributed by atoms with E-state index >= 15 is 0 Å². The van der Waals surface area contributed by atoms with E-state index in [1.807, 2.05) is 0 Å². The van der Waals surface area contributed by atoms with E-state index < -0.39 is 0 Å². The smallest absolute Gasteiger partial charge is 0.165 e. The van der Waals surface area contributed by atoms with Crippen molar-refractivity contribution in [3.05, 3.63) is 23.8 Å². The largest absolute Gasteiger partial charge is 0.496 e. The van der Waals surface area contributed by atoms with Gasteiger partial charge in [0.25, 0.3) is 0 Å². The summed E-state index contributed by atoms with van der Waals surface area (Å²) in [7, 11) is 1.52. The molecule has 1 aromatic rings. The van der Waals surface area contributed by atoms with Crippen LogP contribution in [0.2, 0.25) is 0 Å². The Bertz CT molecular complexity index is 312. The normalized spacial score (nSPS) is 8.77. The van der Waals surface area contributed by atoms with Gasteiger partial charge in [0, 0.05) is 5.69 Å². The number of rotatable bonds is 2. The van der Waals surface area contributed by atoms with Crippen molar-refractivity contribution in [2.75, 3.05) is 12.8 Å². The van der Waals surface area contributed by atoms with Gasteiger partial charge in [-0.3, -0.25) is 4.79 Å². The zero-order chi connectivity index (χ0) is 9.14. The Kier molecular flexibility index (Phi) is 4.28. The Morgan fingerprint density at radius 1 is 1.46 bits per heavy atom. The van der Waals surface area contributed by atoms with E-state index in [0.29, 0.717) is 17.0 Å². The molecule has 0 aliphatic heterocycles. The molecule has 0 aliphatic carbocycles. The summed E-state index contributed by atoms with van der Waals surface area (Å²) >= 11 is 0. The van der Waals surface area contributed by atoms with Crippen molar-refractivity contribution < 1.29 is 9.53 Å². The van der Waals surface area contributed by atoms with Gasteiger partial charge in [0.15, 0.2) is 5.78 Å². The number of halogens is 1. The molecule has 0 aliphatic rings. The quantitative estimate of drug-likeness (QED) is 0.588. The summed E-state index contributed by atoms with van der Waals surface area (Å²) in [5, 5.41) is 0. The van der Waals surface area contributed by atoms with Gasteiger partial charge in [-0.1, -0.05) is 6.07 Å². The summed E-state index contributed by atoms with van der Waals surface area (Å²) in [6, 6.07) is 5.15. The number of methoxy groups -OCH3 is 1. The van der Waals surface area contributed by atoms with Crippen LogP contribution in [-0.2, 0) is 0 Å². The molecule has 4 heteroatoms. The van der Waals surface area contributed by atoms with Gasteiger partial charge in [-0.15, -0.1) is 12.4 Å². The van der Waals surface area contributed by atoms with E-state index in [1.165, 1.54) is 14.0 Å². The third-order valence-electron chi connectivity index (χ3n) is 1.63. The van der Waals surface area contributed by atoms with Crippen LogP contribution in [0.25, 0.3) is 0 Å². The summed E-state index contributed by atoms with van der Waals surface area (Å²) in [5.74, 6) is 0.451. The molecule has 3 nitrogen and oxygen atoms in total. The fourth-order valence-electron chi connectivity index (χ4n) is 1.09. The molecule has 0 bridgehead atoms. The van der Waals surface area contributed by atoms with Crippen molar-refractivity contribution >= 4 is 23.9 Å².